The molecule has 2 N–H and O–H groups in total. The molecule has 3 rings (SSSR count). The van der Waals surface area contributed by atoms with Gasteiger partial charge in [0, 0.05) is 12.1 Å². The van der Waals surface area contributed by atoms with E-state index in [4.69, 9.17) is 21.7 Å². The summed E-state index contributed by atoms with van der Waals surface area (Å²) in [7, 11) is 0. The van der Waals surface area contributed by atoms with Gasteiger partial charge in [0.1, 0.15) is 0 Å². The molecular formula is C22H27N5O3S2. The molecule has 8 nitrogen and oxygen atoms in total. The van der Waals surface area contributed by atoms with Crippen molar-refractivity contribution in [3.63, 3.8) is 0 Å². The van der Waals surface area contributed by atoms with Gasteiger partial charge in [-0.2, -0.15) is 5.10 Å². The molecular weight excluding hydrogens is 446 g/mol. The minimum Gasteiger partial charge on any atom is -0.490 e. The van der Waals surface area contributed by atoms with E-state index in [0.29, 0.717) is 52.5 Å². The first kappa shape index (κ1) is 23.7. The van der Waals surface area contributed by atoms with E-state index in [2.05, 4.69) is 27.1 Å². The number of aryl methyl sites for hydroxylation is 1. The fraction of sp³-hybridized carbons (Fsp3) is 0.364. The van der Waals surface area contributed by atoms with E-state index in [9.17, 15) is 4.79 Å². The Kier molecular flexibility index (Phi) is 8.18. The van der Waals surface area contributed by atoms with Gasteiger partial charge in [0.2, 0.25) is 0 Å². The fourth-order valence-electron chi connectivity index (χ4n) is 2.92. The van der Waals surface area contributed by atoms with E-state index in [-0.39, 0.29) is 5.91 Å². The van der Waals surface area contributed by atoms with Gasteiger partial charge in [0.15, 0.2) is 27.2 Å². The van der Waals surface area contributed by atoms with Gasteiger partial charge in [0.05, 0.1) is 23.8 Å². The number of nitrogens with one attached hydrogen (secondary N) is 2. The minimum absolute atomic E-state index is 0.279. The van der Waals surface area contributed by atoms with Crippen LogP contribution in [-0.4, -0.2) is 38.9 Å². The number of benzene rings is 1. The second-order valence-electron chi connectivity index (χ2n) is 7.00. The average Bonchev–Trinajstić information content (AvgIpc) is 3.32. The van der Waals surface area contributed by atoms with Crippen molar-refractivity contribution < 1.29 is 14.3 Å². The molecule has 0 aliphatic heterocycles. The van der Waals surface area contributed by atoms with Gasteiger partial charge in [-0.15, -0.1) is 6.58 Å². The topological polar surface area (TPSA) is 94.1 Å². The maximum absolute atomic E-state index is 12.9. The summed E-state index contributed by atoms with van der Waals surface area (Å²) in [5, 5.41) is 10.5. The van der Waals surface area contributed by atoms with Crippen molar-refractivity contribution in [2.75, 3.05) is 18.5 Å². The molecule has 170 valence electrons. The van der Waals surface area contributed by atoms with E-state index in [0.717, 1.165) is 23.4 Å². The number of aromatic amines is 1. The van der Waals surface area contributed by atoms with Gasteiger partial charge in [-0.25, -0.2) is 4.98 Å². The standard InChI is InChI=1S/C22H27N5O3S2/c1-5-10-27-19(25-26-22(27)31)18-14(4)23-21(32-18)24-20(28)15-8-9-16(29-11-6-2)17(13-15)30-12-7-3/h5,8-9,13H,1,6-7,10-12H2,2-4H3,(H,26,31)(H,23,24,28). The Hall–Kier alpha value is -2.98. The Labute approximate surface area is 196 Å². The number of hydrogen-bond acceptors (Lipinski definition) is 7. The zero-order valence-electron chi connectivity index (χ0n) is 18.4. The molecule has 0 saturated heterocycles. The minimum atomic E-state index is -0.279. The van der Waals surface area contributed by atoms with Crippen molar-refractivity contribution in [3.05, 3.63) is 46.9 Å². The van der Waals surface area contributed by atoms with E-state index in [1.54, 1.807) is 24.3 Å². The highest BCUT2D eigenvalue weighted by molar-refractivity contribution is 7.71. The number of anilines is 1. The maximum Gasteiger partial charge on any atom is 0.257 e. The fourth-order valence-corrected chi connectivity index (χ4v) is 4.09. The molecule has 1 aromatic carbocycles. The van der Waals surface area contributed by atoms with Crippen molar-refractivity contribution in [1.82, 2.24) is 19.7 Å². The number of carbonyl (C=O) groups excluding carboxylic acids is 1. The second kappa shape index (κ2) is 11.1. The molecule has 0 aliphatic rings. The largest absolute Gasteiger partial charge is 0.490 e. The van der Waals surface area contributed by atoms with Gasteiger partial charge in [-0.05, 0) is 50.2 Å². The van der Waals surface area contributed by atoms with Crippen LogP contribution >= 0.6 is 23.6 Å². The molecule has 0 spiro atoms. The lowest BCUT2D eigenvalue weighted by atomic mass is 10.2. The second-order valence-corrected chi connectivity index (χ2v) is 8.38. The van der Waals surface area contributed by atoms with Crippen LogP contribution in [0.2, 0.25) is 0 Å². The maximum atomic E-state index is 12.9. The smallest absolute Gasteiger partial charge is 0.257 e. The Balaban J connectivity index is 1.82. The molecule has 0 fully saturated rings. The van der Waals surface area contributed by atoms with Gasteiger partial charge in [-0.1, -0.05) is 31.3 Å². The Morgan fingerprint density at radius 2 is 2.00 bits per heavy atom. The Morgan fingerprint density at radius 1 is 1.28 bits per heavy atom. The number of allylic oxidation sites excluding steroid dienone is 1. The van der Waals surface area contributed by atoms with Crippen molar-refractivity contribution in [3.8, 4) is 22.2 Å². The summed E-state index contributed by atoms with van der Waals surface area (Å²) in [5.74, 6) is 1.58. The predicted molar refractivity (Wildman–Crippen MR) is 129 cm³/mol. The number of H-pyrrole nitrogens is 1. The third-order valence-corrected chi connectivity index (χ3v) is 5.80. The summed E-state index contributed by atoms with van der Waals surface area (Å²) >= 11 is 6.63. The molecule has 3 aromatic rings. The van der Waals surface area contributed by atoms with E-state index in [1.165, 1.54) is 11.3 Å². The van der Waals surface area contributed by atoms with Crippen molar-refractivity contribution in [1.29, 1.82) is 0 Å². The Bertz CT molecular complexity index is 1150. The number of ether oxygens (including phenoxy) is 2. The number of nitrogens with zero attached hydrogens (tertiary/aromatic N) is 3. The normalized spacial score (nSPS) is 10.7. The lowest BCUT2D eigenvalue weighted by molar-refractivity contribution is 0.102. The van der Waals surface area contributed by atoms with Crippen LogP contribution in [0.4, 0.5) is 5.13 Å². The molecule has 0 bridgehead atoms. The van der Waals surface area contributed by atoms with Crippen LogP contribution in [-0.2, 0) is 6.54 Å². The van der Waals surface area contributed by atoms with Gasteiger partial charge in [-0.3, -0.25) is 19.8 Å². The number of rotatable bonds is 11. The van der Waals surface area contributed by atoms with Gasteiger partial charge in [0.25, 0.3) is 5.91 Å². The van der Waals surface area contributed by atoms with E-state index < -0.39 is 0 Å². The molecule has 10 heteroatoms. The first-order valence-electron chi connectivity index (χ1n) is 10.4. The number of hydrogen-bond donors (Lipinski definition) is 2. The van der Waals surface area contributed by atoms with Crippen molar-refractivity contribution >= 4 is 34.6 Å². The van der Waals surface area contributed by atoms with Crippen LogP contribution in [0.25, 0.3) is 10.7 Å². The first-order chi connectivity index (χ1) is 15.5. The molecule has 0 radical (unpaired) electrons. The lowest BCUT2D eigenvalue weighted by Gasteiger charge is -2.13. The van der Waals surface area contributed by atoms with E-state index in [1.807, 2.05) is 25.3 Å². The van der Waals surface area contributed by atoms with Crippen molar-refractivity contribution in [2.45, 2.75) is 40.2 Å². The highest BCUT2D eigenvalue weighted by atomic mass is 32.1. The third kappa shape index (κ3) is 5.43. The van der Waals surface area contributed by atoms with Gasteiger partial charge < -0.3 is 9.47 Å². The van der Waals surface area contributed by atoms with Crippen LogP contribution in [0, 0.1) is 11.7 Å². The number of amides is 1. The molecule has 32 heavy (non-hydrogen) atoms. The summed E-state index contributed by atoms with van der Waals surface area (Å²) in [4.78, 5) is 18.2. The van der Waals surface area contributed by atoms with Crippen LogP contribution in [0.15, 0.2) is 30.9 Å². The summed E-state index contributed by atoms with van der Waals surface area (Å²) < 4.78 is 13.9. The quantitative estimate of drug-likeness (QED) is 0.286. The van der Waals surface area contributed by atoms with Crippen LogP contribution in [0.5, 0.6) is 11.5 Å². The van der Waals surface area contributed by atoms with Crippen LogP contribution in [0.3, 0.4) is 0 Å². The van der Waals surface area contributed by atoms with Crippen LogP contribution < -0.4 is 14.8 Å². The Morgan fingerprint density at radius 3 is 2.69 bits per heavy atom. The molecule has 0 atom stereocenters. The van der Waals surface area contributed by atoms with Crippen molar-refractivity contribution in [2.24, 2.45) is 0 Å². The monoisotopic (exact) mass is 473 g/mol. The average molecular weight is 474 g/mol. The number of aromatic nitrogens is 4. The molecule has 2 heterocycles. The van der Waals surface area contributed by atoms with Crippen LogP contribution in [0.1, 0.15) is 42.7 Å². The first-order valence-corrected chi connectivity index (χ1v) is 11.7. The summed E-state index contributed by atoms with van der Waals surface area (Å²) in [6.45, 7) is 11.3. The lowest BCUT2D eigenvalue weighted by Crippen LogP contribution is -2.12. The zero-order valence-corrected chi connectivity index (χ0v) is 20.1. The summed E-state index contributed by atoms with van der Waals surface area (Å²) in [5.41, 5.74) is 1.21. The molecule has 0 saturated carbocycles. The highest BCUT2D eigenvalue weighted by Gasteiger charge is 2.18. The number of thiazole rings is 1. The zero-order chi connectivity index (χ0) is 23.1. The van der Waals surface area contributed by atoms with Gasteiger partial charge >= 0.3 is 0 Å². The summed E-state index contributed by atoms with van der Waals surface area (Å²) in [6.07, 6.45) is 3.49. The van der Waals surface area contributed by atoms with E-state index >= 15 is 0 Å². The molecule has 2 aromatic heterocycles. The highest BCUT2D eigenvalue weighted by Crippen LogP contribution is 2.33. The molecule has 0 aliphatic carbocycles. The molecule has 0 unspecified atom stereocenters. The number of carbonyl (C=O) groups is 1. The third-order valence-electron chi connectivity index (χ3n) is 4.42. The molecule has 1 amide bonds. The summed E-state index contributed by atoms with van der Waals surface area (Å²) in [6, 6.07) is 5.18. The predicted octanol–water partition coefficient (Wildman–Crippen LogP) is 5.39. The SMILES string of the molecule is C=CCn1c(-c2sc(NC(=O)c3ccc(OCCC)c(OCCC)c3)nc2C)n[nH]c1=S.